The maximum atomic E-state index is 13.2. The van der Waals surface area contributed by atoms with E-state index in [1.165, 1.54) is 0 Å². The van der Waals surface area contributed by atoms with E-state index >= 15 is 0 Å². The molecule has 2 saturated heterocycles. The number of hydrogen-bond acceptors (Lipinski definition) is 5. The van der Waals surface area contributed by atoms with Crippen LogP contribution >= 0.6 is 11.6 Å². The molecule has 2 fully saturated rings. The second-order valence-corrected chi connectivity index (χ2v) is 9.28. The summed E-state index contributed by atoms with van der Waals surface area (Å²) in [5, 5.41) is 4.80. The van der Waals surface area contributed by atoms with Gasteiger partial charge in [0.1, 0.15) is 24.5 Å². The van der Waals surface area contributed by atoms with Gasteiger partial charge in [-0.05, 0) is 56.0 Å². The first-order valence-corrected chi connectivity index (χ1v) is 11.9. The smallest absolute Gasteiger partial charge is 0.244 e. The number of hydrogen-bond donors (Lipinski definition) is 0. The minimum atomic E-state index is -0.917. The number of halogens is 1. The Morgan fingerprint density at radius 2 is 1.97 bits per heavy atom. The normalized spacial score (nSPS) is 21.2. The molecule has 0 bridgehead atoms. The van der Waals surface area contributed by atoms with Gasteiger partial charge in [0.25, 0.3) is 0 Å². The lowest BCUT2D eigenvalue weighted by Crippen LogP contribution is -2.59. The first-order chi connectivity index (χ1) is 15.9. The Hall–Kier alpha value is -2.58. The Labute approximate surface area is 199 Å². The molecule has 0 saturated carbocycles. The number of morpholine rings is 1. The summed E-state index contributed by atoms with van der Waals surface area (Å²) in [6.45, 7) is 4.89. The minimum Gasteiger partial charge on any atom is -0.490 e. The lowest BCUT2D eigenvalue weighted by molar-refractivity contribution is -0.166. The van der Waals surface area contributed by atoms with Gasteiger partial charge in [-0.15, -0.1) is 0 Å². The van der Waals surface area contributed by atoms with Gasteiger partial charge in [-0.25, -0.2) is 0 Å². The minimum absolute atomic E-state index is 0.0481. The quantitative estimate of drug-likeness (QED) is 0.616. The predicted molar refractivity (Wildman–Crippen MR) is 124 cm³/mol. The molecule has 1 atom stereocenters. The molecule has 2 aromatic rings. The molecule has 0 aliphatic carbocycles. The summed E-state index contributed by atoms with van der Waals surface area (Å²) < 4.78 is 13.9. The van der Waals surface area contributed by atoms with Gasteiger partial charge >= 0.3 is 0 Å². The van der Waals surface area contributed by atoms with Crippen molar-refractivity contribution in [2.45, 2.75) is 44.8 Å². The number of amides is 2. The molecule has 1 aromatic heterocycles. The third kappa shape index (κ3) is 6.06. The van der Waals surface area contributed by atoms with Crippen LogP contribution in [0.4, 0.5) is 0 Å². The van der Waals surface area contributed by atoms with Gasteiger partial charge in [0.15, 0.2) is 0 Å². The molecule has 4 rings (SSSR count). The highest BCUT2D eigenvalue weighted by molar-refractivity contribution is 6.31. The van der Waals surface area contributed by atoms with Crippen molar-refractivity contribution in [2.75, 3.05) is 39.4 Å². The molecule has 0 N–H and O–H groups in total. The lowest BCUT2D eigenvalue weighted by Gasteiger charge is -2.43. The molecule has 178 valence electrons. The highest BCUT2D eigenvalue weighted by atomic mass is 35.5. The SMILES string of the molecule is Cc1cc(OCC2(CC(=O)N3CCCCC3)CN(C(=O)Cn3cccn3)CCO2)ccc1Cl. The third-order valence-electron chi connectivity index (χ3n) is 6.27. The van der Waals surface area contributed by atoms with E-state index in [2.05, 4.69) is 5.10 Å². The van der Waals surface area contributed by atoms with Crippen LogP contribution in [0, 0.1) is 6.92 Å². The number of rotatable bonds is 7. The van der Waals surface area contributed by atoms with Gasteiger partial charge in [-0.3, -0.25) is 14.3 Å². The summed E-state index contributed by atoms with van der Waals surface area (Å²) >= 11 is 6.14. The Bertz CT molecular complexity index is 961. The van der Waals surface area contributed by atoms with Gasteiger partial charge in [0, 0.05) is 37.1 Å². The van der Waals surface area contributed by atoms with Crippen LogP contribution in [0.5, 0.6) is 5.75 Å². The molecule has 1 unspecified atom stereocenters. The fourth-order valence-corrected chi connectivity index (χ4v) is 4.51. The van der Waals surface area contributed by atoms with Gasteiger partial charge in [-0.2, -0.15) is 5.10 Å². The molecular weight excluding hydrogens is 444 g/mol. The van der Waals surface area contributed by atoms with Crippen LogP contribution in [0.2, 0.25) is 5.02 Å². The van der Waals surface area contributed by atoms with Gasteiger partial charge in [0.2, 0.25) is 11.8 Å². The maximum absolute atomic E-state index is 13.2. The van der Waals surface area contributed by atoms with Crippen molar-refractivity contribution in [1.82, 2.24) is 19.6 Å². The zero-order valence-corrected chi connectivity index (χ0v) is 19.8. The van der Waals surface area contributed by atoms with E-state index in [1.807, 2.05) is 17.9 Å². The van der Waals surface area contributed by atoms with E-state index < -0.39 is 5.60 Å². The monoisotopic (exact) mass is 474 g/mol. The van der Waals surface area contributed by atoms with Crippen LogP contribution in [-0.4, -0.2) is 76.4 Å². The number of benzene rings is 1. The molecule has 8 nitrogen and oxygen atoms in total. The summed E-state index contributed by atoms with van der Waals surface area (Å²) in [5.74, 6) is 0.649. The standard InChI is InChI=1S/C24H31ClN4O4/c1-19-14-20(6-7-21(19)25)32-18-24(15-22(30)27-9-3-2-4-10-27)17-28(12-13-33-24)23(31)16-29-11-5-8-26-29/h5-8,11,14H,2-4,9-10,12-13,15-18H2,1H3. The zero-order valence-electron chi connectivity index (χ0n) is 19.0. The molecular formula is C24H31ClN4O4. The number of aryl methyl sites for hydroxylation is 1. The van der Waals surface area contributed by atoms with Crippen molar-refractivity contribution >= 4 is 23.4 Å². The summed E-state index contributed by atoms with van der Waals surface area (Å²) in [7, 11) is 0. The van der Waals surface area contributed by atoms with Crippen LogP contribution < -0.4 is 4.74 Å². The number of piperidine rings is 1. The van der Waals surface area contributed by atoms with Crippen LogP contribution in [0.25, 0.3) is 0 Å². The molecule has 2 aliphatic rings. The van der Waals surface area contributed by atoms with E-state index in [9.17, 15) is 9.59 Å². The Balaban J connectivity index is 1.49. The van der Waals surface area contributed by atoms with Crippen molar-refractivity contribution < 1.29 is 19.1 Å². The van der Waals surface area contributed by atoms with Crippen LogP contribution in [-0.2, 0) is 20.9 Å². The maximum Gasteiger partial charge on any atom is 0.244 e. The van der Waals surface area contributed by atoms with E-state index in [1.54, 1.807) is 40.2 Å². The molecule has 1 aromatic carbocycles. The predicted octanol–water partition coefficient (Wildman–Crippen LogP) is 2.92. The number of nitrogens with zero attached hydrogens (tertiary/aromatic N) is 4. The van der Waals surface area contributed by atoms with Crippen molar-refractivity contribution in [3.8, 4) is 5.75 Å². The third-order valence-corrected chi connectivity index (χ3v) is 6.70. The van der Waals surface area contributed by atoms with Crippen LogP contribution in [0.3, 0.4) is 0 Å². The molecule has 0 spiro atoms. The summed E-state index contributed by atoms with van der Waals surface area (Å²) in [6.07, 6.45) is 6.78. The molecule has 2 aliphatic heterocycles. The second-order valence-electron chi connectivity index (χ2n) is 8.87. The highest BCUT2D eigenvalue weighted by Gasteiger charge is 2.42. The average molecular weight is 475 g/mol. The Morgan fingerprint density at radius 3 is 2.70 bits per heavy atom. The van der Waals surface area contributed by atoms with Gasteiger partial charge < -0.3 is 19.3 Å². The van der Waals surface area contributed by atoms with Crippen LogP contribution in [0.1, 0.15) is 31.2 Å². The first kappa shape index (κ1) is 23.6. The Morgan fingerprint density at radius 1 is 1.15 bits per heavy atom. The molecule has 9 heteroatoms. The zero-order chi connectivity index (χ0) is 23.3. The van der Waals surface area contributed by atoms with E-state index in [0.717, 1.165) is 37.9 Å². The van der Waals surface area contributed by atoms with E-state index in [4.69, 9.17) is 21.1 Å². The van der Waals surface area contributed by atoms with E-state index in [0.29, 0.717) is 30.5 Å². The first-order valence-electron chi connectivity index (χ1n) is 11.5. The fourth-order valence-electron chi connectivity index (χ4n) is 4.39. The number of ether oxygens (including phenoxy) is 2. The highest BCUT2D eigenvalue weighted by Crippen LogP contribution is 2.28. The van der Waals surface area contributed by atoms with Gasteiger partial charge in [-0.1, -0.05) is 11.6 Å². The number of likely N-dealkylation sites (tertiary alicyclic amines) is 1. The number of carbonyl (C=O) groups is 2. The van der Waals surface area contributed by atoms with Gasteiger partial charge in [0.05, 0.1) is 19.6 Å². The summed E-state index contributed by atoms with van der Waals surface area (Å²) in [6, 6.07) is 7.25. The van der Waals surface area contributed by atoms with E-state index in [-0.39, 0.29) is 31.4 Å². The van der Waals surface area contributed by atoms with Crippen molar-refractivity contribution in [3.05, 3.63) is 47.2 Å². The van der Waals surface area contributed by atoms with Crippen molar-refractivity contribution in [1.29, 1.82) is 0 Å². The summed E-state index contributed by atoms with van der Waals surface area (Å²) in [4.78, 5) is 29.8. The second kappa shape index (κ2) is 10.6. The topological polar surface area (TPSA) is 76.9 Å². The molecule has 3 heterocycles. The molecule has 0 radical (unpaired) electrons. The summed E-state index contributed by atoms with van der Waals surface area (Å²) in [5.41, 5.74) is -0.00620. The average Bonchev–Trinajstić information content (AvgIpc) is 3.34. The number of carbonyl (C=O) groups excluding carboxylic acids is 2. The molecule has 33 heavy (non-hydrogen) atoms. The molecule has 2 amide bonds. The van der Waals surface area contributed by atoms with Crippen LogP contribution in [0.15, 0.2) is 36.7 Å². The Kier molecular flexibility index (Phi) is 7.55. The van der Waals surface area contributed by atoms with Crippen molar-refractivity contribution in [2.24, 2.45) is 0 Å². The number of aromatic nitrogens is 2. The fraction of sp³-hybridized carbons (Fsp3) is 0.542. The largest absolute Gasteiger partial charge is 0.490 e. The van der Waals surface area contributed by atoms with Crippen molar-refractivity contribution in [3.63, 3.8) is 0 Å². The lowest BCUT2D eigenvalue weighted by atomic mass is 9.96.